The SMILES string of the molecule is CCN(C(=O)COc1ccccc1C)C(C)c1ccc(C#N)cc1. The van der Waals surface area contributed by atoms with Crippen LogP contribution in [0.2, 0.25) is 0 Å². The first-order chi connectivity index (χ1) is 11.6. The van der Waals surface area contributed by atoms with Gasteiger partial charge in [0.1, 0.15) is 5.75 Å². The third kappa shape index (κ3) is 4.14. The van der Waals surface area contributed by atoms with Crippen molar-refractivity contribution < 1.29 is 9.53 Å². The normalized spacial score (nSPS) is 11.4. The van der Waals surface area contributed by atoms with Gasteiger partial charge < -0.3 is 9.64 Å². The first-order valence-electron chi connectivity index (χ1n) is 8.04. The van der Waals surface area contributed by atoms with Crippen LogP contribution in [-0.4, -0.2) is 24.0 Å². The van der Waals surface area contributed by atoms with Crippen LogP contribution in [0.1, 0.15) is 36.6 Å². The maximum absolute atomic E-state index is 12.5. The van der Waals surface area contributed by atoms with Crippen LogP contribution in [0.5, 0.6) is 5.75 Å². The highest BCUT2D eigenvalue weighted by Crippen LogP contribution is 2.21. The van der Waals surface area contributed by atoms with E-state index in [1.807, 2.05) is 57.2 Å². The van der Waals surface area contributed by atoms with E-state index < -0.39 is 0 Å². The van der Waals surface area contributed by atoms with Gasteiger partial charge in [-0.25, -0.2) is 0 Å². The molecule has 0 saturated carbocycles. The lowest BCUT2D eigenvalue weighted by atomic mass is 10.0. The third-order valence-corrected chi connectivity index (χ3v) is 4.10. The summed E-state index contributed by atoms with van der Waals surface area (Å²) >= 11 is 0. The number of carbonyl (C=O) groups is 1. The number of nitriles is 1. The van der Waals surface area contributed by atoms with E-state index in [-0.39, 0.29) is 18.6 Å². The number of carbonyl (C=O) groups excluding carboxylic acids is 1. The van der Waals surface area contributed by atoms with Crippen LogP contribution in [0.4, 0.5) is 0 Å². The van der Waals surface area contributed by atoms with Gasteiger partial charge in [0.25, 0.3) is 5.91 Å². The average molecular weight is 322 g/mol. The fourth-order valence-corrected chi connectivity index (χ4v) is 2.62. The van der Waals surface area contributed by atoms with Gasteiger partial charge in [0.2, 0.25) is 0 Å². The molecule has 0 aliphatic rings. The van der Waals surface area contributed by atoms with Crippen LogP contribution >= 0.6 is 0 Å². The van der Waals surface area contributed by atoms with E-state index in [0.717, 1.165) is 16.9 Å². The average Bonchev–Trinajstić information content (AvgIpc) is 2.61. The maximum atomic E-state index is 12.5. The molecule has 0 aliphatic heterocycles. The Labute approximate surface area is 143 Å². The number of aryl methyl sites for hydroxylation is 1. The summed E-state index contributed by atoms with van der Waals surface area (Å²) in [4.78, 5) is 14.3. The van der Waals surface area contributed by atoms with Crippen LogP contribution in [0.3, 0.4) is 0 Å². The molecule has 2 rings (SSSR count). The van der Waals surface area contributed by atoms with Gasteiger partial charge in [-0.1, -0.05) is 30.3 Å². The summed E-state index contributed by atoms with van der Waals surface area (Å²) in [6, 6.07) is 17.0. The zero-order chi connectivity index (χ0) is 17.5. The zero-order valence-electron chi connectivity index (χ0n) is 14.3. The Hall–Kier alpha value is -2.80. The smallest absolute Gasteiger partial charge is 0.260 e. The Morgan fingerprint density at radius 2 is 1.88 bits per heavy atom. The number of amides is 1. The molecule has 2 aromatic rings. The molecular formula is C20H22N2O2. The van der Waals surface area contributed by atoms with E-state index >= 15 is 0 Å². The van der Waals surface area contributed by atoms with Crippen molar-refractivity contribution in [3.8, 4) is 11.8 Å². The minimum absolute atomic E-state index is 0.0132. The highest BCUT2D eigenvalue weighted by molar-refractivity contribution is 5.78. The highest BCUT2D eigenvalue weighted by atomic mass is 16.5. The number of rotatable bonds is 6. The molecule has 0 heterocycles. The van der Waals surface area contributed by atoms with Gasteiger partial charge in [-0.2, -0.15) is 5.26 Å². The first-order valence-corrected chi connectivity index (χ1v) is 8.04. The van der Waals surface area contributed by atoms with Crippen molar-refractivity contribution in [1.29, 1.82) is 5.26 Å². The number of hydrogen-bond acceptors (Lipinski definition) is 3. The number of nitrogens with zero attached hydrogens (tertiary/aromatic N) is 2. The Kier molecular flexibility index (Phi) is 5.97. The first kappa shape index (κ1) is 17.6. The Morgan fingerprint density at radius 3 is 2.46 bits per heavy atom. The van der Waals surface area contributed by atoms with Crippen molar-refractivity contribution in [3.05, 3.63) is 65.2 Å². The quantitative estimate of drug-likeness (QED) is 0.811. The summed E-state index contributed by atoms with van der Waals surface area (Å²) in [6.45, 7) is 6.50. The summed E-state index contributed by atoms with van der Waals surface area (Å²) in [6.07, 6.45) is 0. The molecule has 1 amide bonds. The number of para-hydroxylation sites is 1. The molecule has 0 saturated heterocycles. The van der Waals surface area contributed by atoms with Crippen molar-refractivity contribution in [1.82, 2.24) is 4.90 Å². The van der Waals surface area contributed by atoms with Crippen LogP contribution in [0.15, 0.2) is 48.5 Å². The fraction of sp³-hybridized carbons (Fsp3) is 0.300. The summed E-state index contributed by atoms with van der Waals surface area (Å²) in [7, 11) is 0. The third-order valence-electron chi connectivity index (χ3n) is 4.10. The molecule has 1 atom stereocenters. The predicted molar refractivity (Wildman–Crippen MR) is 93.6 cm³/mol. The van der Waals surface area contributed by atoms with Gasteiger partial charge in [-0.3, -0.25) is 4.79 Å². The Balaban J connectivity index is 2.04. The number of benzene rings is 2. The number of hydrogen-bond donors (Lipinski definition) is 0. The van der Waals surface area contributed by atoms with E-state index in [4.69, 9.17) is 10.00 Å². The molecule has 0 aliphatic carbocycles. The molecular weight excluding hydrogens is 300 g/mol. The Bertz CT molecular complexity index is 732. The minimum Gasteiger partial charge on any atom is -0.484 e. The lowest BCUT2D eigenvalue weighted by Gasteiger charge is -2.28. The van der Waals surface area contributed by atoms with Crippen molar-refractivity contribution in [3.63, 3.8) is 0 Å². The summed E-state index contributed by atoms with van der Waals surface area (Å²) in [5.74, 6) is 0.672. The minimum atomic E-state index is -0.0734. The fourth-order valence-electron chi connectivity index (χ4n) is 2.62. The standard InChI is InChI=1S/C20H22N2O2/c1-4-22(16(3)18-11-9-17(13-21)10-12-18)20(23)14-24-19-8-6-5-7-15(19)2/h5-12,16H,4,14H2,1-3H3. The number of ether oxygens (including phenoxy) is 1. The molecule has 0 spiro atoms. The molecule has 0 fully saturated rings. The van der Waals surface area contributed by atoms with Crippen molar-refractivity contribution in [2.45, 2.75) is 26.8 Å². The molecule has 4 nitrogen and oxygen atoms in total. The van der Waals surface area contributed by atoms with Gasteiger partial charge >= 0.3 is 0 Å². The molecule has 0 N–H and O–H groups in total. The van der Waals surface area contributed by atoms with Crippen LogP contribution in [0.25, 0.3) is 0 Å². The van der Waals surface area contributed by atoms with E-state index in [1.54, 1.807) is 17.0 Å². The van der Waals surface area contributed by atoms with Gasteiger partial charge in [0.05, 0.1) is 17.7 Å². The topological polar surface area (TPSA) is 53.3 Å². The lowest BCUT2D eigenvalue weighted by molar-refractivity contribution is -0.135. The summed E-state index contributed by atoms with van der Waals surface area (Å²) in [5, 5.41) is 8.88. The van der Waals surface area contributed by atoms with E-state index in [0.29, 0.717) is 12.1 Å². The Morgan fingerprint density at radius 1 is 1.21 bits per heavy atom. The van der Waals surface area contributed by atoms with Crippen LogP contribution in [0, 0.1) is 18.3 Å². The van der Waals surface area contributed by atoms with Crippen LogP contribution in [-0.2, 0) is 4.79 Å². The predicted octanol–water partition coefficient (Wildman–Crippen LogP) is 3.86. The number of likely N-dealkylation sites (N-methyl/N-ethyl adjacent to an activating group) is 1. The van der Waals surface area contributed by atoms with Gasteiger partial charge in [-0.05, 0) is 50.1 Å². The van der Waals surface area contributed by atoms with Crippen molar-refractivity contribution in [2.24, 2.45) is 0 Å². The second-order valence-corrected chi connectivity index (χ2v) is 5.64. The largest absolute Gasteiger partial charge is 0.484 e. The van der Waals surface area contributed by atoms with Crippen LogP contribution < -0.4 is 4.74 Å². The molecule has 0 bridgehead atoms. The lowest BCUT2D eigenvalue weighted by Crippen LogP contribution is -2.36. The molecule has 24 heavy (non-hydrogen) atoms. The van der Waals surface area contributed by atoms with Crippen molar-refractivity contribution in [2.75, 3.05) is 13.2 Å². The molecule has 4 heteroatoms. The van der Waals surface area contributed by atoms with Gasteiger partial charge in [0, 0.05) is 6.54 Å². The monoisotopic (exact) mass is 322 g/mol. The van der Waals surface area contributed by atoms with Crippen molar-refractivity contribution >= 4 is 5.91 Å². The molecule has 0 aromatic heterocycles. The molecule has 124 valence electrons. The molecule has 0 radical (unpaired) electrons. The van der Waals surface area contributed by atoms with Gasteiger partial charge in [-0.15, -0.1) is 0 Å². The maximum Gasteiger partial charge on any atom is 0.260 e. The highest BCUT2D eigenvalue weighted by Gasteiger charge is 2.20. The summed E-state index contributed by atoms with van der Waals surface area (Å²) < 4.78 is 5.67. The second kappa shape index (κ2) is 8.16. The zero-order valence-corrected chi connectivity index (χ0v) is 14.3. The van der Waals surface area contributed by atoms with Gasteiger partial charge in [0.15, 0.2) is 6.61 Å². The second-order valence-electron chi connectivity index (χ2n) is 5.64. The molecule has 2 aromatic carbocycles. The van der Waals surface area contributed by atoms with E-state index in [1.165, 1.54) is 0 Å². The van der Waals surface area contributed by atoms with E-state index in [9.17, 15) is 4.79 Å². The summed E-state index contributed by atoms with van der Waals surface area (Å²) in [5.41, 5.74) is 2.62. The molecule has 1 unspecified atom stereocenters. The van der Waals surface area contributed by atoms with E-state index in [2.05, 4.69) is 6.07 Å².